The lowest BCUT2D eigenvalue weighted by atomic mass is 9.52. The minimum absolute atomic E-state index is 0.206. The summed E-state index contributed by atoms with van der Waals surface area (Å²) in [5.41, 5.74) is 0.431. The standard InChI is InChI=1S/C20H27FN2O2S/c21-18-1-3-19(4-2-18)26(24,25)23-7-5-22(6-8-23)20-12-15-9-16(13-20)11-17(10-15)14-20/h1-4,15-17H,5-14H2/p+1. The summed E-state index contributed by atoms with van der Waals surface area (Å²) in [6.45, 7) is 2.98. The molecule has 0 radical (unpaired) electrons. The summed E-state index contributed by atoms with van der Waals surface area (Å²) in [7, 11) is -3.50. The molecule has 5 fully saturated rings. The summed E-state index contributed by atoms with van der Waals surface area (Å²) < 4.78 is 40.4. The van der Waals surface area contributed by atoms with Crippen molar-refractivity contribution in [3.63, 3.8) is 0 Å². The van der Waals surface area contributed by atoms with Gasteiger partial charge in [-0.15, -0.1) is 0 Å². The summed E-state index contributed by atoms with van der Waals surface area (Å²) in [5.74, 6) is 2.37. The van der Waals surface area contributed by atoms with E-state index >= 15 is 0 Å². The Morgan fingerprint density at radius 3 is 1.92 bits per heavy atom. The van der Waals surface area contributed by atoms with Gasteiger partial charge in [0.2, 0.25) is 10.0 Å². The second-order valence-corrected chi connectivity index (χ2v) is 11.1. The number of piperazine rings is 1. The van der Waals surface area contributed by atoms with Crippen molar-refractivity contribution in [1.82, 2.24) is 4.31 Å². The number of hydrogen-bond donors (Lipinski definition) is 1. The molecule has 1 N–H and O–H groups in total. The summed E-state index contributed by atoms with van der Waals surface area (Å²) in [6, 6.07) is 5.21. The highest BCUT2D eigenvalue weighted by Gasteiger charge is 2.56. The molecule has 4 saturated carbocycles. The normalized spacial score (nSPS) is 38.0. The Bertz CT molecular complexity index is 749. The first-order valence-electron chi connectivity index (χ1n) is 10.1. The number of benzene rings is 1. The van der Waals surface area contributed by atoms with Crippen LogP contribution in [0.25, 0.3) is 0 Å². The first kappa shape index (κ1) is 17.1. The van der Waals surface area contributed by atoms with Crippen molar-refractivity contribution in [2.45, 2.75) is 49.0 Å². The zero-order chi connectivity index (χ0) is 17.9. The quantitative estimate of drug-likeness (QED) is 0.868. The highest BCUT2D eigenvalue weighted by atomic mass is 32.2. The number of sulfonamides is 1. The van der Waals surface area contributed by atoms with Gasteiger partial charge in [0.15, 0.2) is 0 Å². The minimum atomic E-state index is -3.50. The van der Waals surface area contributed by atoms with Gasteiger partial charge < -0.3 is 4.90 Å². The van der Waals surface area contributed by atoms with E-state index < -0.39 is 15.8 Å². The van der Waals surface area contributed by atoms with Crippen LogP contribution in [0.3, 0.4) is 0 Å². The van der Waals surface area contributed by atoms with Crippen LogP contribution in [-0.2, 0) is 10.0 Å². The van der Waals surface area contributed by atoms with E-state index in [0.717, 1.165) is 30.8 Å². The molecular formula is C20H28FN2O2S+. The van der Waals surface area contributed by atoms with Crippen molar-refractivity contribution in [3.05, 3.63) is 30.1 Å². The first-order chi connectivity index (χ1) is 12.4. The van der Waals surface area contributed by atoms with Crippen molar-refractivity contribution in [1.29, 1.82) is 0 Å². The van der Waals surface area contributed by atoms with Crippen LogP contribution in [0.15, 0.2) is 29.2 Å². The van der Waals surface area contributed by atoms with Gasteiger partial charge in [-0.25, -0.2) is 12.8 Å². The molecule has 0 spiro atoms. The molecule has 0 aromatic heterocycles. The van der Waals surface area contributed by atoms with Crippen molar-refractivity contribution in [3.8, 4) is 0 Å². The SMILES string of the molecule is O=S(=O)(c1ccc(F)cc1)N1CC[NH+](C23CC4CC(CC(C4)C2)C3)CC1. The van der Waals surface area contributed by atoms with Crippen LogP contribution in [0.1, 0.15) is 38.5 Å². The van der Waals surface area contributed by atoms with Crippen molar-refractivity contribution >= 4 is 10.0 Å². The van der Waals surface area contributed by atoms with Gasteiger partial charge in [-0.1, -0.05) is 0 Å². The van der Waals surface area contributed by atoms with Crippen LogP contribution in [0.5, 0.6) is 0 Å². The Balaban J connectivity index is 1.30. The van der Waals surface area contributed by atoms with E-state index in [-0.39, 0.29) is 4.90 Å². The first-order valence-corrected chi connectivity index (χ1v) is 11.5. The molecule has 26 heavy (non-hydrogen) atoms. The van der Waals surface area contributed by atoms with E-state index in [1.165, 1.54) is 62.8 Å². The Hall–Kier alpha value is -0.980. The number of nitrogens with zero attached hydrogens (tertiary/aromatic N) is 1. The Morgan fingerprint density at radius 2 is 1.42 bits per heavy atom. The van der Waals surface area contributed by atoms with Crippen LogP contribution in [0, 0.1) is 23.6 Å². The second-order valence-electron chi connectivity index (χ2n) is 9.16. The molecule has 4 bridgehead atoms. The predicted molar refractivity (Wildman–Crippen MR) is 96.8 cm³/mol. The lowest BCUT2D eigenvalue weighted by Crippen LogP contribution is -3.23. The zero-order valence-corrected chi connectivity index (χ0v) is 16.0. The van der Waals surface area contributed by atoms with Crippen molar-refractivity contribution < 1.29 is 17.7 Å². The topological polar surface area (TPSA) is 41.8 Å². The van der Waals surface area contributed by atoms with Gasteiger partial charge in [-0.2, -0.15) is 4.31 Å². The van der Waals surface area contributed by atoms with Gasteiger partial charge >= 0.3 is 0 Å². The van der Waals surface area contributed by atoms with Crippen LogP contribution >= 0.6 is 0 Å². The molecular weight excluding hydrogens is 351 g/mol. The Labute approximate surface area is 155 Å². The highest BCUT2D eigenvalue weighted by molar-refractivity contribution is 7.89. The number of rotatable bonds is 3. The monoisotopic (exact) mass is 379 g/mol. The molecule has 0 atom stereocenters. The largest absolute Gasteiger partial charge is 0.328 e. The lowest BCUT2D eigenvalue weighted by molar-refractivity contribution is -0.962. The van der Waals surface area contributed by atoms with Crippen LogP contribution in [0.4, 0.5) is 4.39 Å². The van der Waals surface area contributed by atoms with Crippen LogP contribution < -0.4 is 4.90 Å². The van der Waals surface area contributed by atoms with E-state index in [1.807, 2.05) is 0 Å². The number of nitrogens with one attached hydrogen (secondary N) is 1. The molecule has 0 unspecified atom stereocenters. The third-order valence-corrected chi connectivity index (χ3v) is 9.48. The van der Waals surface area contributed by atoms with Gasteiger partial charge in [0.05, 0.1) is 36.6 Å². The smallest absolute Gasteiger partial charge is 0.243 e. The fourth-order valence-corrected chi connectivity index (χ4v) is 8.27. The van der Waals surface area contributed by atoms with Gasteiger partial charge in [-0.3, -0.25) is 0 Å². The molecule has 0 amide bonds. The fourth-order valence-electron chi connectivity index (χ4n) is 6.83. The maximum atomic E-state index is 13.1. The molecule has 1 saturated heterocycles. The third-order valence-electron chi connectivity index (χ3n) is 7.57. The van der Waals surface area contributed by atoms with E-state index in [1.54, 1.807) is 9.21 Å². The maximum Gasteiger partial charge on any atom is 0.243 e. The fraction of sp³-hybridized carbons (Fsp3) is 0.700. The maximum absolute atomic E-state index is 13.1. The zero-order valence-electron chi connectivity index (χ0n) is 15.2. The van der Waals surface area contributed by atoms with Crippen LogP contribution in [-0.4, -0.2) is 44.4 Å². The summed E-state index contributed by atoms with van der Waals surface area (Å²) >= 11 is 0. The minimum Gasteiger partial charge on any atom is -0.328 e. The van der Waals surface area contributed by atoms with E-state index in [2.05, 4.69) is 0 Å². The number of quaternary nitrogens is 1. The molecule has 1 heterocycles. The van der Waals surface area contributed by atoms with E-state index in [0.29, 0.717) is 18.6 Å². The van der Waals surface area contributed by atoms with Crippen molar-refractivity contribution in [2.75, 3.05) is 26.2 Å². The molecule has 5 aliphatic rings. The van der Waals surface area contributed by atoms with Crippen molar-refractivity contribution in [2.24, 2.45) is 17.8 Å². The molecule has 6 rings (SSSR count). The van der Waals surface area contributed by atoms with Gasteiger partial charge in [0, 0.05) is 19.3 Å². The van der Waals surface area contributed by atoms with E-state index in [9.17, 15) is 12.8 Å². The number of hydrogen-bond acceptors (Lipinski definition) is 2. The molecule has 1 aliphatic heterocycles. The molecule has 6 heteroatoms. The molecule has 1 aromatic rings. The summed E-state index contributed by atoms with van der Waals surface area (Å²) in [4.78, 5) is 1.86. The second kappa shape index (κ2) is 6.01. The summed E-state index contributed by atoms with van der Waals surface area (Å²) in [5, 5.41) is 0. The van der Waals surface area contributed by atoms with E-state index in [4.69, 9.17) is 0 Å². The lowest BCUT2D eigenvalue weighted by Gasteiger charge is -2.59. The third kappa shape index (κ3) is 2.72. The molecule has 142 valence electrons. The molecule has 4 nitrogen and oxygen atoms in total. The Kier molecular flexibility index (Phi) is 3.96. The molecule has 1 aromatic carbocycles. The summed E-state index contributed by atoms with van der Waals surface area (Å²) in [6.07, 6.45) is 8.41. The van der Waals surface area contributed by atoms with Gasteiger partial charge in [-0.05, 0) is 61.3 Å². The average Bonchev–Trinajstić information content (AvgIpc) is 2.61. The predicted octanol–water partition coefficient (Wildman–Crippen LogP) is 1.68. The van der Waals surface area contributed by atoms with Crippen LogP contribution in [0.2, 0.25) is 0 Å². The average molecular weight is 380 g/mol. The van der Waals surface area contributed by atoms with Gasteiger partial charge in [0.25, 0.3) is 0 Å². The number of halogens is 1. The highest BCUT2D eigenvalue weighted by Crippen LogP contribution is 2.54. The molecule has 4 aliphatic carbocycles. The van der Waals surface area contributed by atoms with Gasteiger partial charge in [0.1, 0.15) is 5.82 Å². The Morgan fingerprint density at radius 1 is 0.923 bits per heavy atom.